The first kappa shape index (κ1) is 17.7. The molecule has 0 unspecified atom stereocenters. The molecule has 0 bridgehead atoms. The van der Waals surface area contributed by atoms with Gasteiger partial charge in [-0.1, -0.05) is 37.5 Å². The summed E-state index contributed by atoms with van der Waals surface area (Å²) in [4.78, 5) is 24.9. The third-order valence-corrected chi connectivity index (χ3v) is 5.76. The Morgan fingerprint density at radius 3 is 2.44 bits per heavy atom. The highest BCUT2D eigenvalue weighted by Gasteiger charge is 2.17. The van der Waals surface area contributed by atoms with Crippen LogP contribution in [0.2, 0.25) is 0 Å². The lowest BCUT2D eigenvalue weighted by Gasteiger charge is -2.22. The van der Waals surface area contributed by atoms with E-state index in [-0.39, 0.29) is 17.9 Å². The number of benzene rings is 2. The van der Waals surface area contributed by atoms with Crippen molar-refractivity contribution in [3.8, 4) is 0 Å². The van der Waals surface area contributed by atoms with Crippen LogP contribution in [0.15, 0.2) is 48.5 Å². The first-order valence-electron chi connectivity index (χ1n) is 9.27. The second kappa shape index (κ2) is 7.88. The van der Waals surface area contributed by atoms with Crippen LogP contribution in [0.5, 0.6) is 0 Å². The normalized spacial score (nSPS) is 14.8. The Balaban J connectivity index is 1.41. The summed E-state index contributed by atoms with van der Waals surface area (Å²) in [6, 6.07) is 14.9. The highest BCUT2D eigenvalue weighted by Crippen LogP contribution is 2.23. The number of carbonyl (C=O) groups excluding carboxylic acids is 2. The molecule has 1 heterocycles. The first-order chi connectivity index (χ1) is 13.2. The van der Waals surface area contributed by atoms with E-state index in [1.807, 2.05) is 24.3 Å². The van der Waals surface area contributed by atoms with Crippen molar-refractivity contribution in [3.63, 3.8) is 0 Å². The number of nitrogens with zero attached hydrogens (tertiary/aromatic N) is 1. The van der Waals surface area contributed by atoms with Gasteiger partial charge in [-0.15, -0.1) is 0 Å². The lowest BCUT2D eigenvalue weighted by molar-refractivity contribution is 0.0927. The molecule has 27 heavy (non-hydrogen) atoms. The summed E-state index contributed by atoms with van der Waals surface area (Å²) in [6.07, 6.45) is 5.74. The van der Waals surface area contributed by atoms with Crippen LogP contribution in [-0.2, 0) is 0 Å². The maximum atomic E-state index is 12.5. The summed E-state index contributed by atoms with van der Waals surface area (Å²) in [6.45, 7) is 0. The number of hydrogen-bond donors (Lipinski definition) is 2. The predicted molar refractivity (Wildman–Crippen MR) is 108 cm³/mol. The Labute approximate surface area is 162 Å². The molecule has 0 atom stereocenters. The van der Waals surface area contributed by atoms with E-state index in [1.54, 1.807) is 24.3 Å². The molecule has 0 saturated heterocycles. The summed E-state index contributed by atoms with van der Waals surface area (Å²) < 4.78 is 5.25. The Morgan fingerprint density at radius 1 is 0.926 bits per heavy atom. The lowest BCUT2D eigenvalue weighted by Crippen LogP contribution is -2.36. The van der Waals surface area contributed by atoms with E-state index >= 15 is 0 Å². The Bertz CT molecular complexity index is 959. The monoisotopic (exact) mass is 379 g/mol. The van der Waals surface area contributed by atoms with Crippen LogP contribution in [0.3, 0.4) is 0 Å². The summed E-state index contributed by atoms with van der Waals surface area (Å²) in [5.74, 6) is -0.294. The van der Waals surface area contributed by atoms with Crippen molar-refractivity contribution >= 4 is 39.1 Å². The van der Waals surface area contributed by atoms with Crippen molar-refractivity contribution in [2.45, 2.75) is 38.1 Å². The summed E-state index contributed by atoms with van der Waals surface area (Å²) in [7, 11) is 0. The van der Waals surface area contributed by atoms with Crippen molar-refractivity contribution in [3.05, 3.63) is 59.8 Å². The smallest absolute Gasteiger partial charge is 0.276 e. The zero-order valence-corrected chi connectivity index (χ0v) is 15.7. The van der Waals surface area contributed by atoms with E-state index in [4.69, 9.17) is 0 Å². The molecule has 4 rings (SSSR count). The van der Waals surface area contributed by atoms with Gasteiger partial charge in [-0.3, -0.25) is 9.59 Å². The molecule has 0 radical (unpaired) electrons. The third kappa shape index (κ3) is 4.01. The maximum Gasteiger partial charge on any atom is 0.276 e. The van der Waals surface area contributed by atoms with Crippen LogP contribution in [-0.4, -0.2) is 22.2 Å². The highest BCUT2D eigenvalue weighted by molar-refractivity contribution is 7.13. The van der Waals surface area contributed by atoms with Gasteiger partial charge in [0.2, 0.25) is 0 Å². The molecular weight excluding hydrogens is 358 g/mol. The number of anilines is 1. The molecule has 1 aromatic heterocycles. The molecule has 1 saturated carbocycles. The Hall–Kier alpha value is -2.73. The standard InChI is InChI=1S/C21H21N3O2S/c25-20(22-15-6-2-1-3-7-15)14-10-12-16(13-11-14)23-21(26)19-17-8-4-5-9-18(17)27-24-19/h4-5,8-13,15H,1-3,6-7H2,(H,22,25)(H,23,26). The molecule has 2 aromatic carbocycles. The molecule has 5 nitrogen and oxygen atoms in total. The number of nitrogens with one attached hydrogen (secondary N) is 2. The summed E-state index contributed by atoms with van der Waals surface area (Å²) in [5.41, 5.74) is 1.68. The minimum atomic E-state index is -0.244. The number of rotatable bonds is 4. The van der Waals surface area contributed by atoms with Crippen molar-refractivity contribution in [2.24, 2.45) is 0 Å². The van der Waals surface area contributed by atoms with Crippen LogP contribution < -0.4 is 10.6 Å². The van der Waals surface area contributed by atoms with Gasteiger partial charge in [-0.2, -0.15) is 4.37 Å². The van der Waals surface area contributed by atoms with Gasteiger partial charge < -0.3 is 10.6 Å². The van der Waals surface area contributed by atoms with Gasteiger partial charge in [0.05, 0.1) is 4.70 Å². The number of carbonyl (C=O) groups is 2. The van der Waals surface area contributed by atoms with E-state index < -0.39 is 0 Å². The average molecular weight is 379 g/mol. The van der Waals surface area contributed by atoms with Gasteiger partial charge in [0.25, 0.3) is 11.8 Å². The molecule has 1 aliphatic carbocycles. The molecule has 2 N–H and O–H groups in total. The zero-order chi connectivity index (χ0) is 18.6. The van der Waals surface area contributed by atoms with Crippen LogP contribution in [0.4, 0.5) is 5.69 Å². The SMILES string of the molecule is O=C(NC1CCCCC1)c1ccc(NC(=O)c2nsc3ccccc23)cc1. The van der Waals surface area contributed by atoms with E-state index in [9.17, 15) is 9.59 Å². The van der Waals surface area contributed by atoms with Gasteiger partial charge in [0.15, 0.2) is 0 Å². The van der Waals surface area contributed by atoms with Crippen molar-refractivity contribution in [1.82, 2.24) is 9.69 Å². The number of fused-ring (bicyclic) bond motifs is 1. The molecule has 2 amide bonds. The van der Waals surface area contributed by atoms with E-state index in [0.717, 1.165) is 22.9 Å². The molecule has 0 aliphatic heterocycles. The van der Waals surface area contributed by atoms with E-state index in [1.165, 1.54) is 30.8 Å². The van der Waals surface area contributed by atoms with Crippen LogP contribution in [0, 0.1) is 0 Å². The van der Waals surface area contributed by atoms with Gasteiger partial charge in [-0.25, -0.2) is 0 Å². The lowest BCUT2D eigenvalue weighted by atomic mass is 9.95. The quantitative estimate of drug-likeness (QED) is 0.695. The first-order valence-corrected chi connectivity index (χ1v) is 10.0. The van der Waals surface area contributed by atoms with Crippen molar-refractivity contribution in [1.29, 1.82) is 0 Å². The van der Waals surface area contributed by atoms with E-state index in [0.29, 0.717) is 16.9 Å². The van der Waals surface area contributed by atoms with Gasteiger partial charge in [0, 0.05) is 22.7 Å². The second-order valence-electron chi connectivity index (χ2n) is 6.87. The largest absolute Gasteiger partial charge is 0.349 e. The Morgan fingerprint density at radius 2 is 1.67 bits per heavy atom. The summed E-state index contributed by atoms with van der Waals surface area (Å²) in [5, 5.41) is 6.81. The van der Waals surface area contributed by atoms with Crippen LogP contribution >= 0.6 is 11.5 Å². The minimum Gasteiger partial charge on any atom is -0.349 e. The fraction of sp³-hybridized carbons (Fsp3) is 0.286. The minimum absolute atomic E-state index is 0.0507. The van der Waals surface area contributed by atoms with Crippen LogP contribution in [0.25, 0.3) is 10.1 Å². The van der Waals surface area contributed by atoms with Crippen LogP contribution in [0.1, 0.15) is 53.0 Å². The molecule has 138 valence electrons. The fourth-order valence-electron chi connectivity index (χ4n) is 3.46. The maximum absolute atomic E-state index is 12.5. The van der Waals surface area contributed by atoms with Gasteiger partial charge in [-0.05, 0) is 54.7 Å². The molecule has 6 heteroatoms. The Kier molecular flexibility index (Phi) is 5.16. The predicted octanol–water partition coefficient (Wildman–Crippen LogP) is 4.61. The van der Waals surface area contributed by atoms with Crippen molar-refractivity contribution in [2.75, 3.05) is 5.32 Å². The number of hydrogen-bond acceptors (Lipinski definition) is 4. The average Bonchev–Trinajstić information content (AvgIpc) is 3.13. The molecule has 0 spiro atoms. The summed E-state index contributed by atoms with van der Waals surface area (Å²) >= 11 is 1.31. The zero-order valence-electron chi connectivity index (χ0n) is 14.9. The van der Waals surface area contributed by atoms with E-state index in [2.05, 4.69) is 15.0 Å². The second-order valence-corrected chi connectivity index (χ2v) is 7.67. The van der Waals surface area contributed by atoms with Gasteiger partial charge >= 0.3 is 0 Å². The topological polar surface area (TPSA) is 71.1 Å². The van der Waals surface area contributed by atoms with Gasteiger partial charge in [0.1, 0.15) is 5.69 Å². The molecule has 1 aliphatic rings. The third-order valence-electron chi connectivity index (χ3n) is 4.94. The van der Waals surface area contributed by atoms with Crippen molar-refractivity contribution < 1.29 is 9.59 Å². The molecular formula is C21H21N3O2S. The molecule has 1 fully saturated rings. The molecule has 3 aromatic rings. The fourth-order valence-corrected chi connectivity index (χ4v) is 4.23. The number of aromatic nitrogens is 1. The highest BCUT2D eigenvalue weighted by atomic mass is 32.1. The number of amides is 2.